The van der Waals surface area contributed by atoms with Crippen molar-refractivity contribution in [3.63, 3.8) is 0 Å². The zero-order valence-corrected chi connectivity index (χ0v) is 14.9. The number of rotatable bonds is 5. The van der Waals surface area contributed by atoms with Gasteiger partial charge in [0.2, 0.25) is 5.91 Å². The van der Waals surface area contributed by atoms with Crippen LogP contribution in [0.15, 0.2) is 24.3 Å². The Morgan fingerprint density at radius 1 is 1.22 bits per heavy atom. The summed E-state index contributed by atoms with van der Waals surface area (Å²) in [6.45, 7) is 1.81. The standard InChI is InChI=1S/C17H23ClN2O2S/c1-12(23-11-13-7-9-14(18)10-8-13)16(21)20-17(22)19-15-5-3-2-4-6-15/h7-10,12,15H,2-6,11H2,1H3,(H2,19,20,21,22). The smallest absolute Gasteiger partial charge is 0.321 e. The summed E-state index contributed by atoms with van der Waals surface area (Å²) in [7, 11) is 0. The lowest BCUT2D eigenvalue weighted by Gasteiger charge is -2.23. The van der Waals surface area contributed by atoms with E-state index in [0.717, 1.165) is 31.2 Å². The number of amides is 3. The van der Waals surface area contributed by atoms with E-state index in [1.54, 1.807) is 0 Å². The topological polar surface area (TPSA) is 58.2 Å². The lowest BCUT2D eigenvalue weighted by molar-refractivity contribution is -0.119. The van der Waals surface area contributed by atoms with Gasteiger partial charge >= 0.3 is 6.03 Å². The van der Waals surface area contributed by atoms with Crippen LogP contribution >= 0.6 is 23.4 Å². The number of urea groups is 1. The first-order valence-corrected chi connectivity index (χ1v) is 9.44. The molecule has 1 atom stereocenters. The molecule has 1 unspecified atom stereocenters. The SMILES string of the molecule is CC(SCc1ccc(Cl)cc1)C(=O)NC(=O)NC1CCCCC1. The minimum absolute atomic E-state index is 0.202. The van der Waals surface area contributed by atoms with E-state index in [1.165, 1.54) is 18.2 Å². The largest absolute Gasteiger partial charge is 0.335 e. The van der Waals surface area contributed by atoms with E-state index in [2.05, 4.69) is 10.6 Å². The molecule has 4 nitrogen and oxygen atoms in total. The van der Waals surface area contributed by atoms with Crippen LogP contribution in [0.3, 0.4) is 0 Å². The fraction of sp³-hybridized carbons (Fsp3) is 0.529. The second kappa shape index (κ2) is 9.18. The fourth-order valence-corrected chi connectivity index (χ4v) is 3.53. The normalized spacial score (nSPS) is 16.6. The number of benzene rings is 1. The van der Waals surface area contributed by atoms with E-state index in [0.29, 0.717) is 10.8 Å². The number of thioether (sulfide) groups is 1. The van der Waals surface area contributed by atoms with Gasteiger partial charge in [-0.3, -0.25) is 10.1 Å². The first kappa shape index (κ1) is 18.1. The van der Waals surface area contributed by atoms with Gasteiger partial charge in [-0.05, 0) is 37.5 Å². The summed E-state index contributed by atoms with van der Waals surface area (Å²) in [6.07, 6.45) is 5.53. The highest BCUT2D eigenvalue weighted by Crippen LogP contribution is 2.20. The Balaban J connectivity index is 1.71. The van der Waals surface area contributed by atoms with E-state index in [1.807, 2.05) is 31.2 Å². The van der Waals surface area contributed by atoms with Gasteiger partial charge in [-0.1, -0.05) is 43.0 Å². The summed E-state index contributed by atoms with van der Waals surface area (Å²) >= 11 is 7.34. The van der Waals surface area contributed by atoms with Crippen molar-refractivity contribution in [1.82, 2.24) is 10.6 Å². The Hall–Kier alpha value is -1.20. The molecule has 0 saturated heterocycles. The lowest BCUT2D eigenvalue weighted by Crippen LogP contribution is -2.47. The summed E-state index contributed by atoms with van der Waals surface area (Å²) in [5, 5.41) is 5.74. The van der Waals surface area contributed by atoms with Gasteiger partial charge in [0.15, 0.2) is 0 Å². The van der Waals surface area contributed by atoms with Crippen LogP contribution in [-0.4, -0.2) is 23.2 Å². The molecule has 2 rings (SSSR count). The maximum absolute atomic E-state index is 12.1. The molecule has 0 aliphatic heterocycles. The molecule has 3 amide bonds. The van der Waals surface area contributed by atoms with Crippen molar-refractivity contribution in [2.75, 3.05) is 0 Å². The molecule has 0 aromatic heterocycles. The highest BCUT2D eigenvalue weighted by molar-refractivity contribution is 7.99. The number of carbonyl (C=O) groups is 2. The second-order valence-corrected chi connectivity index (χ2v) is 7.64. The third-order valence-electron chi connectivity index (χ3n) is 3.96. The Labute approximate surface area is 146 Å². The predicted octanol–water partition coefficient (Wildman–Crippen LogP) is 4.12. The van der Waals surface area contributed by atoms with Crippen molar-refractivity contribution >= 4 is 35.3 Å². The average molecular weight is 355 g/mol. The summed E-state index contributed by atoms with van der Waals surface area (Å²) < 4.78 is 0. The van der Waals surface area contributed by atoms with Crippen LogP contribution in [0, 0.1) is 0 Å². The molecule has 1 aliphatic rings. The van der Waals surface area contributed by atoms with Crippen molar-refractivity contribution < 1.29 is 9.59 Å². The van der Waals surface area contributed by atoms with Gasteiger partial charge in [-0.15, -0.1) is 11.8 Å². The first-order valence-electron chi connectivity index (χ1n) is 8.02. The maximum atomic E-state index is 12.1. The van der Waals surface area contributed by atoms with E-state index >= 15 is 0 Å². The molecule has 126 valence electrons. The first-order chi connectivity index (χ1) is 11.0. The van der Waals surface area contributed by atoms with Crippen LogP contribution in [0.4, 0.5) is 4.79 Å². The van der Waals surface area contributed by atoms with Gasteiger partial charge in [0.05, 0.1) is 5.25 Å². The number of hydrogen-bond acceptors (Lipinski definition) is 3. The summed E-state index contributed by atoms with van der Waals surface area (Å²) in [5.74, 6) is 0.452. The fourth-order valence-electron chi connectivity index (χ4n) is 2.56. The summed E-state index contributed by atoms with van der Waals surface area (Å²) in [5.41, 5.74) is 1.10. The molecule has 0 radical (unpaired) electrons. The molecule has 2 N–H and O–H groups in total. The third-order valence-corrected chi connectivity index (χ3v) is 5.43. The van der Waals surface area contributed by atoms with Gasteiger partial charge < -0.3 is 5.32 Å². The van der Waals surface area contributed by atoms with Gasteiger partial charge in [0.1, 0.15) is 0 Å². The second-order valence-electron chi connectivity index (χ2n) is 5.88. The van der Waals surface area contributed by atoms with Crippen LogP contribution in [0.25, 0.3) is 0 Å². The zero-order valence-electron chi connectivity index (χ0n) is 13.3. The van der Waals surface area contributed by atoms with Crippen LogP contribution in [0.1, 0.15) is 44.6 Å². The van der Waals surface area contributed by atoms with Crippen LogP contribution in [0.2, 0.25) is 5.02 Å². The van der Waals surface area contributed by atoms with Gasteiger partial charge in [-0.25, -0.2) is 4.79 Å². The summed E-state index contributed by atoms with van der Waals surface area (Å²) in [4.78, 5) is 23.9. The van der Waals surface area contributed by atoms with Crippen molar-refractivity contribution in [3.8, 4) is 0 Å². The Bertz CT molecular complexity index is 530. The molecule has 23 heavy (non-hydrogen) atoms. The van der Waals surface area contributed by atoms with Crippen molar-refractivity contribution in [3.05, 3.63) is 34.9 Å². The Morgan fingerprint density at radius 3 is 2.52 bits per heavy atom. The molecule has 1 aromatic carbocycles. The molecule has 0 spiro atoms. The number of carbonyl (C=O) groups excluding carboxylic acids is 2. The molecule has 1 aliphatic carbocycles. The van der Waals surface area contributed by atoms with Gasteiger partial charge in [-0.2, -0.15) is 0 Å². The van der Waals surface area contributed by atoms with Crippen LogP contribution in [-0.2, 0) is 10.5 Å². The van der Waals surface area contributed by atoms with Gasteiger partial charge in [0.25, 0.3) is 0 Å². The third kappa shape index (κ3) is 6.43. The highest BCUT2D eigenvalue weighted by atomic mass is 35.5. The van der Waals surface area contributed by atoms with Crippen LogP contribution < -0.4 is 10.6 Å². The van der Waals surface area contributed by atoms with Crippen molar-refractivity contribution in [1.29, 1.82) is 0 Å². The quantitative estimate of drug-likeness (QED) is 0.836. The Kier molecular flexibility index (Phi) is 7.24. The van der Waals surface area contributed by atoms with Crippen molar-refractivity contribution in [2.45, 2.75) is 56.1 Å². The molecule has 1 aromatic rings. The molecule has 0 bridgehead atoms. The van der Waals surface area contributed by atoms with Crippen LogP contribution in [0.5, 0.6) is 0 Å². The molecule has 1 fully saturated rings. The van der Waals surface area contributed by atoms with E-state index in [-0.39, 0.29) is 23.2 Å². The number of halogens is 1. The van der Waals surface area contributed by atoms with E-state index in [4.69, 9.17) is 11.6 Å². The highest BCUT2D eigenvalue weighted by Gasteiger charge is 2.19. The number of nitrogens with one attached hydrogen (secondary N) is 2. The number of hydrogen-bond donors (Lipinski definition) is 2. The lowest BCUT2D eigenvalue weighted by atomic mass is 9.96. The average Bonchev–Trinajstić information content (AvgIpc) is 2.54. The van der Waals surface area contributed by atoms with E-state index in [9.17, 15) is 9.59 Å². The zero-order chi connectivity index (χ0) is 16.7. The minimum Gasteiger partial charge on any atom is -0.335 e. The number of imide groups is 1. The molecule has 0 heterocycles. The minimum atomic E-state index is -0.374. The molecular formula is C17H23ClN2O2S. The molecule has 6 heteroatoms. The van der Waals surface area contributed by atoms with Crippen molar-refractivity contribution in [2.24, 2.45) is 0 Å². The van der Waals surface area contributed by atoms with Gasteiger partial charge in [0, 0.05) is 16.8 Å². The monoisotopic (exact) mass is 354 g/mol. The maximum Gasteiger partial charge on any atom is 0.321 e. The van der Waals surface area contributed by atoms with E-state index < -0.39 is 0 Å². The molecular weight excluding hydrogens is 332 g/mol. The molecule has 1 saturated carbocycles. The predicted molar refractivity (Wildman–Crippen MR) is 95.8 cm³/mol. The Morgan fingerprint density at radius 2 is 1.87 bits per heavy atom. The summed E-state index contributed by atoms with van der Waals surface area (Å²) in [6, 6.07) is 7.37.